The van der Waals surface area contributed by atoms with E-state index in [4.69, 9.17) is 10.1 Å². The van der Waals surface area contributed by atoms with Crippen molar-refractivity contribution in [2.24, 2.45) is 11.8 Å². The Bertz CT molecular complexity index is 1340. The quantitative estimate of drug-likeness (QED) is 0.338. The number of aliphatic carboxylic acids is 1. The molecule has 1 aliphatic carbocycles. The first-order chi connectivity index (χ1) is 17.9. The maximum atomic E-state index is 11.4. The molecule has 1 aliphatic rings. The molecule has 1 fully saturated rings. The van der Waals surface area contributed by atoms with Crippen molar-refractivity contribution in [3.05, 3.63) is 65.7 Å². The van der Waals surface area contributed by atoms with Gasteiger partial charge in [-0.05, 0) is 58.7 Å². The molecule has 2 N–H and O–H groups in total. The maximum Gasteiger partial charge on any atom is 0.306 e. The van der Waals surface area contributed by atoms with Crippen molar-refractivity contribution in [1.29, 1.82) is 0 Å². The van der Waals surface area contributed by atoms with Crippen LogP contribution in [0.5, 0.6) is 0 Å². The van der Waals surface area contributed by atoms with Crippen LogP contribution in [0.25, 0.3) is 22.5 Å². The van der Waals surface area contributed by atoms with Crippen LogP contribution in [0, 0.1) is 11.8 Å². The van der Waals surface area contributed by atoms with Gasteiger partial charge < -0.3 is 5.11 Å². The summed E-state index contributed by atoms with van der Waals surface area (Å²) in [4.78, 5) is 16.3. The Hall–Kier alpha value is -3.88. The van der Waals surface area contributed by atoms with Crippen LogP contribution in [0.1, 0.15) is 75.5 Å². The van der Waals surface area contributed by atoms with Crippen molar-refractivity contribution in [3.63, 3.8) is 0 Å². The highest BCUT2D eigenvalue weighted by Gasteiger charge is 2.32. The monoisotopic (exact) mass is 499 g/mol. The third-order valence-electron chi connectivity index (χ3n) is 7.59. The molecular weight excluding hydrogens is 466 g/mol. The Morgan fingerprint density at radius 2 is 1.73 bits per heavy atom. The second-order valence-electron chi connectivity index (χ2n) is 10.4. The van der Waals surface area contributed by atoms with E-state index in [0.717, 1.165) is 59.6 Å². The number of hydrogen-bond acceptors (Lipinski definition) is 6. The van der Waals surface area contributed by atoms with E-state index >= 15 is 0 Å². The van der Waals surface area contributed by atoms with Crippen LogP contribution in [0.4, 0.5) is 0 Å². The molecule has 2 aromatic carbocycles. The van der Waals surface area contributed by atoms with Crippen LogP contribution in [0.3, 0.4) is 0 Å². The summed E-state index contributed by atoms with van der Waals surface area (Å²) in [5.41, 5.74) is 4.24. The van der Waals surface area contributed by atoms with Gasteiger partial charge in [0.15, 0.2) is 11.6 Å². The Morgan fingerprint density at radius 1 is 1.03 bits per heavy atom. The van der Waals surface area contributed by atoms with Gasteiger partial charge in [0.2, 0.25) is 0 Å². The van der Waals surface area contributed by atoms with E-state index in [1.165, 1.54) is 0 Å². The Balaban J connectivity index is 1.37. The van der Waals surface area contributed by atoms with Gasteiger partial charge in [-0.2, -0.15) is 5.10 Å². The number of rotatable bonds is 8. The number of carbonyl (C=O) groups is 1. The minimum atomic E-state index is -0.667. The summed E-state index contributed by atoms with van der Waals surface area (Å²) < 4.78 is 2.05. The lowest BCUT2D eigenvalue weighted by Crippen LogP contribution is -2.25. The molecule has 4 aromatic rings. The molecule has 37 heavy (non-hydrogen) atoms. The number of tetrazole rings is 1. The molecule has 5 rings (SSSR count). The standard InChI is InChI=1S/C28H33N7O2/c1-17(2)25-29-27(18(3)20-12-14-22(15-13-20)28(36)37)35(32-25)16-19-8-10-21(11-9-19)23-6-4-5-7-24(23)26-30-33-34-31-26/h4-11,17-18,20,22H,12-16H2,1-3H3,(H,36,37)(H,30,31,33,34). The summed E-state index contributed by atoms with van der Waals surface area (Å²) in [5.74, 6) is 2.48. The number of carboxylic acids is 1. The van der Waals surface area contributed by atoms with Crippen molar-refractivity contribution >= 4 is 5.97 Å². The molecule has 1 saturated carbocycles. The van der Waals surface area contributed by atoms with E-state index in [1.807, 2.05) is 22.9 Å². The van der Waals surface area contributed by atoms with Crippen LogP contribution in [-0.2, 0) is 11.3 Å². The van der Waals surface area contributed by atoms with Gasteiger partial charge in [-0.15, -0.1) is 5.10 Å². The fourth-order valence-electron chi connectivity index (χ4n) is 5.32. The molecule has 0 saturated heterocycles. The summed E-state index contributed by atoms with van der Waals surface area (Å²) in [5, 5.41) is 28.6. The van der Waals surface area contributed by atoms with Crippen molar-refractivity contribution in [2.45, 2.75) is 64.8 Å². The minimum absolute atomic E-state index is 0.212. The maximum absolute atomic E-state index is 11.4. The Morgan fingerprint density at radius 3 is 2.35 bits per heavy atom. The first-order valence-corrected chi connectivity index (χ1v) is 13.0. The van der Waals surface area contributed by atoms with E-state index in [1.54, 1.807) is 0 Å². The number of aromatic nitrogens is 7. The molecule has 0 amide bonds. The highest BCUT2D eigenvalue weighted by Crippen LogP contribution is 2.38. The lowest BCUT2D eigenvalue weighted by molar-refractivity contribution is -0.143. The van der Waals surface area contributed by atoms with Gasteiger partial charge in [0.1, 0.15) is 5.82 Å². The SMILES string of the molecule is CC(C)c1nc(C(C)C2CCC(C(=O)O)CC2)n(Cc2ccc(-c3ccccc3-c3nnn[nH]3)cc2)n1. The van der Waals surface area contributed by atoms with E-state index < -0.39 is 5.97 Å². The summed E-state index contributed by atoms with van der Waals surface area (Å²) >= 11 is 0. The lowest BCUT2D eigenvalue weighted by Gasteiger charge is -2.30. The lowest BCUT2D eigenvalue weighted by atomic mass is 9.76. The van der Waals surface area contributed by atoms with Gasteiger partial charge in [0.25, 0.3) is 0 Å². The van der Waals surface area contributed by atoms with Crippen molar-refractivity contribution < 1.29 is 9.90 Å². The zero-order chi connectivity index (χ0) is 25.9. The number of aromatic amines is 1. The van der Waals surface area contributed by atoms with Crippen LogP contribution >= 0.6 is 0 Å². The molecule has 0 spiro atoms. The molecule has 192 valence electrons. The highest BCUT2D eigenvalue weighted by molar-refractivity contribution is 5.80. The van der Waals surface area contributed by atoms with Crippen molar-refractivity contribution in [1.82, 2.24) is 35.4 Å². The molecular formula is C28H33N7O2. The zero-order valence-electron chi connectivity index (χ0n) is 21.5. The average molecular weight is 500 g/mol. The van der Waals surface area contributed by atoms with Gasteiger partial charge in [-0.25, -0.2) is 14.8 Å². The summed E-state index contributed by atoms with van der Waals surface area (Å²) in [7, 11) is 0. The fourth-order valence-corrected chi connectivity index (χ4v) is 5.32. The number of hydrogen-bond donors (Lipinski definition) is 2. The molecule has 9 nitrogen and oxygen atoms in total. The zero-order valence-corrected chi connectivity index (χ0v) is 21.5. The number of benzene rings is 2. The third-order valence-corrected chi connectivity index (χ3v) is 7.59. The van der Waals surface area contributed by atoms with Gasteiger partial charge >= 0.3 is 5.97 Å². The number of nitrogens with one attached hydrogen (secondary N) is 1. The normalized spacial score (nSPS) is 18.7. The molecule has 2 heterocycles. The molecule has 9 heteroatoms. The molecule has 1 atom stereocenters. The van der Waals surface area contributed by atoms with Crippen molar-refractivity contribution in [3.8, 4) is 22.5 Å². The number of nitrogens with zero attached hydrogens (tertiary/aromatic N) is 6. The topological polar surface area (TPSA) is 122 Å². The summed E-state index contributed by atoms with van der Waals surface area (Å²) in [6, 6.07) is 16.6. The van der Waals surface area contributed by atoms with Crippen LogP contribution in [0.15, 0.2) is 48.5 Å². The van der Waals surface area contributed by atoms with Gasteiger partial charge in [-0.3, -0.25) is 4.79 Å². The second kappa shape index (κ2) is 10.6. The van der Waals surface area contributed by atoms with E-state index in [2.05, 4.69) is 71.7 Å². The van der Waals surface area contributed by atoms with E-state index in [0.29, 0.717) is 18.3 Å². The van der Waals surface area contributed by atoms with Gasteiger partial charge in [-0.1, -0.05) is 69.3 Å². The fraction of sp³-hybridized carbons (Fsp3) is 0.429. The Kier molecular flexibility index (Phi) is 7.12. The summed E-state index contributed by atoms with van der Waals surface area (Å²) in [6.45, 7) is 7.08. The predicted molar refractivity (Wildman–Crippen MR) is 140 cm³/mol. The predicted octanol–water partition coefficient (Wildman–Crippen LogP) is 5.29. The average Bonchev–Trinajstić information content (AvgIpc) is 3.60. The number of carboxylic acid groups (broad SMARTS) is 1. The molecule has 1 unspecified atom stereocenters. The van der Waals surface area contributed by atoms with Crippen LogP contribution in [0.2, 0.25) is 0 Å². The molecule has 2 aromatic heterocycles. The smallest absolute Gasteiger partial charge is 0.306 e. The third kappa shape index (κ3) is 5.30. The second-order valence-corrected chi connectivity index (χ2v) is 10.4. The highest BCUT2D eigenvalue weighted by atomic mass is 16.4. The molecule has 0 radical (unpaired) electrons. The van der Waals surface area contributed by atoms with E-state index in [9.17, 15) is 9.90 Å². The van der Waals surface area contributed by atoms with Gasteiger partial charge in [0.05, 0.1) is 12.5 Å². The minimum Gasteiger partial charge on any atom is -0.481 e. The molecule has 0 bridgehead atoms. The van der Waals surface area contributed by atoms with Crippen LogP contribution in [-0.4, -0.2) is 46.5 Å². The van der Waals surface area contributed by atoms with Gasteiger partial charge in [0, 0.05) is 17.4 Å². The van der Waals surface area contributed by atoms with E-state index in [-0.39, 0.29) is 17.8 Å². The Labute approximate surface area is 216 Å². The summed E-state index contributed by atoms with van der Waals surface area (Å²) in [6.07, 6.45) is 3.30. The largest absolute Gasteiger partial charge is 0.481 e. The first-order valence-electron chi connectivity index (χ1n) is 13.0. The van der Waals surface area contributed by atoms with Crippen molar-refractivity contribution in [2.75, 3.05) is 0 Å². The first kappa shape index (κ1) is 24.8. The van der Waals surface area contributed by atoms with Crippen LogP contribution < -0.4 is 0 Å². The number of H-pyrrole nitrogens is 1. The molecule has 0 aliphatic heterocycles.